The van der Waals surface area contributed by atoms with Crippen LogP contribution in [0.2, 0.25) is 0 Å². The van der Waals surface area contributed by atoms with Crippen molar-refractivity contribution in [3.63, 3.8) is 0 Å². The summed E-state index contributed by atoms with van der Waals surface area (Å²) in [7, 11) is 0. The molecule has 0 aromatic rings. The molecule has 2 bridgehead atoms. The van der Waals surface area contributed by atoms with Gasteiger partial charge in [0.1, 0.15) is 0 Å². The fourth-order valence-corrected chi connectivity index (χ4v) is 3.99. The van der Waals surface area contributed by atoms with Crippen LogP contribution in [-0.4, -0.2) is 23.6 Å². The van der Waals surface area contributed by atoms with E-state index in [1.807, 2.05) is 6.92 Å². The van der Waals surface area contributed by atoms with E-state index in [9.17, 15) is 4.79 Å². The minimum atomic E-state index is -0.753. The minimum absolute atomic E-state index is 0.175. The summed E-state index contributed by atoms with van der Waals surface area (Å²) in [4.78, 5) is 22.7. The van der Waals surface area contributed by atoms with Crippen LogP contribution >= 0.6 is 0 Å². The Morgan fingerprint density at radius 1 is 1.24 bits per heavy atom. The van der Waals surface area contributed by atoms with Gasteiger partial charge in [0.05, 0.1) is 6.42 Å². The van der Waals surface area contributed by atoms with Crippen molar-refractivity contribution in [2.24, 2.45) is 11.8 Å². The molecule has 0 amide bonds. The van der Waals surface area contributed by atoms with Gasteiger partial charge < -0.3 is 9.47 Å². The maximum absolute atomic E-state index is 11.6. The zero-order valence-corrected chi connectivity index (χ0v) is 9.81. The Bertz CT molecular complexity index is 383. The predicted molar refractivity (Wildman–Crippen MR) is 54.3 cm³/mol. The highest BCUT2D eigenvalue weighted by Gasteiger charge is 2.70. The van der Waals surface area contributed by atoms with E-state index in [2.05, 4.69) is 0 Å². The molecule has 5 nitrogen and oxygen atoms in total. The summed E-state index contributed by atoms with van der Waals surface area (Å²) in [5.74, 6) is -0.369. The summed E-state index contributed by atoms with van der Waals surface area (Å²) in [6, 6.07) is 0. The van der Waals surface area contributed by atoms with Crippen LogP contribution in [0.25, 0.3) is 0 Å². The maximum atomic E-state index is 11.6. The van der Waals surface area contributed by atoms with Crippen LogP contribution in [0.15, 0.2) is 0 Å². The summed E-state index contributed by atoms with van der Waals surface area (Å²) in [5, 5.41) is 0. The molecule has 0 N–H and O–H groups in total. The second-order valence-corrected chi connectivity index (χ2v) is 5.83. The average molecular weight is 240 g/mol. The van der Waals surface area contributed by atoms with Gasteiger partial charge in [-0.2, -0.15) is 0 Å². The molecule has 1 spiro atoms. The number of rotatable bonds is 0. The lowest BCUT2D eigenvalue weighted by molar-refractivity contribution is -0.595. The van der Waals surface area contributed by atoms with E-state index < -0.39 is 17.7 Å². The van der Waals surface area contributed by atoms with Crippen LogP contribution in [0.5, 0.6) is 0 Å². The van der Waals surface area contributed by atoms with Gasteiger partial charge in [0, 0.05) is 18.3 Å². The second kappa shape index (κ2) is 3.02. The first kappa shape index (κ1) is 10.3. The summed E-state index contributed by atoms with van der Waals surface area (Å²) in [6.45, 7) is 1.85. The molecular weight excluding hydrogens is 224 g/mol. The fraction of sp³-hybridized carbons (Fsp3) is 0.917. The quantitative estimate of drug-likeness (QED) is 0.474. The average Bonchev–Trinajstić information content (AvgIpc) is 2.27. The maximum Gasteiger partial charge on any atom is 0.308 e. The Hall–Kier alpha value is -0.650. The van der Waals surface area contributed by atoms with Crippen LogP contribution in [0.4, 0.5) is 0 Å². The first-order chi connectivity index (χ1) is 8.12. The predicted octanol–water partition coefficient (Wildman–Crippen LogP) is 1.51. The lowest BCUT2D eigenvalue weighted by atomic mass is 9.62. The van der Waals surface area contributed by atoms with Crippen molar-refractivity contribution in [1.82, 2.24) is 0 Å². The minimum Gasteiger partial charge on any atom is -0.432 e. The highest BCUT2D eigenvalue weighted by atomic mass is 17.3. The first-order valence-electron chi connectivity index (χ1n) is 6.36. The molecule has 4 saturated heterocycles. The monoisotopic (exact) mass is 240 g/mol. The van der Waals surface area contributed by atoms with E-state index in [4.69, 9.17) is 19.2 Å². The van der Waals surface area contributed by atoms with E-state index in [-0.39, 0.29) is 11.9 Å². The highest BCUT2D eigenvalue weighted by Crippen LogP contribution is 2.59. The van der Waals surface area contributed by atoms with Crippen LogP contribution < -0.4 is 0 Å². The first-order valence-corrected chi connectivity index (χ1v) is 6.36. The number of carbonyl (C=O) groups excluding carboxylic acids is 1. The van der Waals surface area contributed by atoms with Crippen molar-refractivity contribution >= 4 is 5.97 Å². The largest absolute Gasteiger partial charge is 0.432 e. The van der Waals surface area contributed by atoms with Crippen molar-refractivity contribution in [3.8, 4) is 0 Å². The Kier molecular flexibility index (Phi) is 1.83. The van der Waals surface area contributed by atoms with E-state index in [0.29, 0.717) is 12.3 Å². The molecule has 17 heavy (non-hydrogen) atoms. The molecule has 0 radical (unpaired) electrons. The standard InChI is InChI=1S/C12H16O5/c1-11-6-8-4-2-3-7-5-9(13)14-10(15-11)12(7,8)17-16-11/h7-8,10H,2-6H2,1H3/t7-,8+,10+,11+,12-/m0/s1. The van der Waals surface area contributed by atoms with Crippen LogP contribution in [-0.2, 0) is 24.0 Å². The molecule has 5 atom stereocenters. The third-order valence-corrected chi connectivity index (χ3v) is 4.74. The molecule has 94 valence electrons. The van der Waals surface area contributed by atoms with Gasteiger partial charge in [-0.15, -0.1) is 0 Å². The summed E-state index contributed by atoms with van der Waals surface area (Å²) >= 11 is 0. The number of esters is 1. The van der Waals surface area contributed by atoms with Gasteiger partial charge in [-0.1, -0.05) is 6.42 Å². The van der Waals surface area contributed by atoms with Crippen molar-refractivity contribution in [3.05, 3.63) is 0 Å². The van der Waals surface area contributed by atoms with Crippen LogP contribution in [0, 0.1) is 11.8 Å². The molecule has 0 aromatic heterocycles. The molecule has 5 aliphatic rings. The molecule has 4 aliphatic heterocycles. The Morgan fingerprint density at radius 3 is 2.94 bits per heavy atom. The normalized spacial score (nSPS) is 56.3. The smallest absolute Gasteiger partial charge is 0.308 e. The zero-order chi connectivity index (χ0) is 11.7. The summed E-state index contributed by atoms with van der Waals surface area (Å²) in [5.41, 5.74) is -0.538. The zero-order valence-electron chi connectivity index (χ0n) is 9.81. The van der Waals surface area contributed by atoms with Gasteiger partial charge in [-0.05, 0) is 19.8 Å². The molecule has 1 saturated carbocycles. The SMILES string of the molecule is C[C@@]12C[C@H]3CCC[C@H]4CC(=O)O[C@H](O1)[C@@]34OO2. The van der Waals surface area contributed by atoms with Crippen molar-refractivity contribution < 1.29 is 24.0 Å². The Balaban J connectivity index is 1.80. The molecule has 5 fully saturated rings. The van der Waals surface area contributed by atoms with Gasteiger partial charge in [0.25, 0.3) is 0 Å². The Morgan fingerprint density at radius 2 is 2.06 bits per heavy atom. The van der Waals surface area contributed by atoms with E-state index >= 15 is 0 Å². The molecule has 4 heterocycles. The number of hydrogen-bond donors (Lipinski definition) is 0. The highest BCUT2D eigenvalue weighted by molar-refractivity contribution is 5.71. The van der Waals surface area contributed by atoms with Crippen molar-refractivity contribution in [2.45, 2.75) is 56.7 Å². The molecule has 1 aliphatic carbocycles. The van der Waals surface area contributed by atoms with Gasteiger partial charge in [0.2, 0.25) is 12.1 Å². The van der Waals surface area contributed by atoms with Crippen molar-refractivity contribution in [1.29, 1.82) is 0 Å². The van der Waals surface area contributed by atoms with Gasteiger partial charge >= 0.3 is 5.97 Å². The van der Waals surface area contributed by atoms with E-state index in [1.54, 1.807) is 0 Å². The number of hydrogen-bond acceptors (Lipinski definition) is 5. The lowest BCUT2D eigenvalue weighted by Gasteiger charge is -2.62. The molecule has 0 unspecified atom stereocenters. The summed E-state index contributed by atoms with van der Waals surface area (Å²) in [6.07, 6.45) is 3.93. The molecule has 5 heteroatoms. The van der Waals surface area contributed by atoms with Gasteiger partial charge in [0.15, 0.2) is 5.60 Å². The number of fused-ring (bicyclic) bond motifs is 1. The van der Waals surface area contributed by atoms with E-state index in [1.165, 1.54) is 0 Å². The fourth-order valence-electron chi connectivity index (χ4n) is 3.99. The molecular formula is C12H16O5. The molecule has 0 aromatic carbocycles. The number of ether oxygens (including phenoxy) is 2. The second-order valence-electron chi connectivity index (χ2n) is 5.83. The van der Waals surface area contributed by atoms with Crippen molar-refractivity contribution in [2.75, 3.05) is 0 Å². The third-order valence-electron chi connectivity index (χ3n) is 4.74. The van der Waals surface area contributed by atoms with Crippen LogP contribution in [0.1, 0.15) is 39.0 Å². The topological polar surface area (TPSA) is 54.0 Å². The van der Waals surface area contributed by atoms with Gasteiger partial charge in [-0.25, -0.2) is 9.78 Å². The summed E-state index contributed by atoms with van der Waals surface area (Å²) < 4.78 is 11.1. The Labute approximate surface area is 99.3 Å². The van der Waals surface area contributed by atoms with Crippen LogP contribution in [0.3, 0.4) is 0 Å². The number of carbonyl (C=O) groups is 1. The lowest BCUT2D eigenvalue weighted by Crippen LogP contribution is -2.73. The van der Waals surface area contributed by atoms with E-state index in [0.717, 1.165) is 25.7 Å². The third kappa shape index (κ3) is 1.17. The molecule has 5 rings (SSSR count). The van der Waals surface area contributed by atoms with Gasteiger partial charge in [-0.3, -0.25) is 4.79 Å².